The molecule has 0 atom stereocenters. The molecule has 1 saturated heterocycles. The Morgan fingerprint density at radius 1 is 1.22 bits per heavy atom. The lowest BCUT2D eigenvalue weighted by Gasteiger charge is -2.27. The lowest BCUT2D eigenvalue weighted by Crippen LogP contribution is -2.41. The van der Waals surface area contributed by atoms with Crippen LogP contribution in [0.5, 0.6) is 5.75 Å². The fourth-order valence-electron chi connectivity index (χ4n) is 2.71. The molecule has 1 aromatic carbocycles. The largest absolute Gasteiger partial charge is 0.497 e. The van der Waals surface area contributed by atoms with Gasteiger partial charge in [0.25, 0.3) is 0 Å². The van der Waals surface area contributed by atoms with Gasteiger partial charge in [-0.05, 0) is 44.1 Å². The topological polar surface area (TPSA) is 42.0 Å². The van der Waals surface area contributed by atoms with Gasteiger partial charge in [0.15, 0.2) is 0 Å². The minimum atomic E-state index is 0.246. The number of hydrogen-bond donors (Lipinski definition) is 0. The summed E-state index contributed by atoms with van der Waals surface area (Å²) in [5.41, 5.74) is 1.32. The van der Waals surface area contributed by atoms with Crippen LogP contribution in [-0.4, -0.2) is 69.3 Å². The number of carbonyl (C=O) groups excluding carboxylic acids is 1. The van der Waals surface area contributed by atoms with E-state index in [9.17, 15) is 4.79 Å². The molecule has 0 N–H and O–H groups in total. The summed E-state index contributed by atoms with van der Waals surface area (Å²) >= 11 is 0. The highest BCUT2D eigenvalue weighted by Crippen LogP contribution is 2.12. The van der Waals surface area contributed by atoms with Crippen molar-refractivity contribution in [2.45, 2.75) is 19.3 Å². The summed E-state index contributed by atoms with van der Waals surface area (Å²) in [6.45, 7) is 4.63. The first-order valence-corrected chi connectivity index (χ1v) is 8.36. The highest BCUT2D eigenvalue weighted by molar-refractivity contribution is 5.76. The molecule has 5 nitrogen and oxygen atoms in total. The standard InChI is InChI=1S/C18H28N2O3/c1-19(11-9-18(21)20-12-14-23-15-13-20)10-3-4-16-5-7-17(22-2)8-6-16/h5-8H,3-4,9-15H2,1-2H3. The Hall–Kier alpha value is -1.59. The Balaban J connectivity index is 1.60. The van der Waals surface area contributed by atoms with Crippen molar-refractivity contribution in [3.05, 3.63) is 29.8 Å². The van der Waals surface area contributed by atoms with E-state index in [0.29, 0.717) is 19.6 Å². The number of hydrogen-bond acceptors (Lipinski definition) is 4. The Bertz CT molecular complexity index is 470. The molecule has 1 aliphatic heterocycles. The summed E-state index contributed by atoms with van der Waals surface area (Å²) < 4.78 is 10.4. The first-order chi connectivity index (χ1) is 11.2. The van der Waals surface area contributed by atoms with Crippen LogP contribution >= 0.6 is 0 Å². The molecule has 23 heavy (non-hydrogen) atoms. The van der Waals surface area contributed by atoms with Gasteiger partial charge >= 0.3 is 0 Å². The summed E-state index contributed by atoms with van der Waals surface area (Å²) in [7, 11) is 3.77. The van der Waals surface area contributed by atoms with E-state index in [4.69, 9.17) is 9.47 Å². The molecule has 1 heterocycles. The van der Waals surface area contributed by atoms with E-state index < -0.39 is 0 Å². The third kappa shape index (κ3) is 6.20. The van der Waals surface area contributed by atoms with E-state index in [0.717, 1.165) is 44.8 Å². The first kappa shape index (κ1) is 17.8. The molecule has 0 bridgehead atoms. The molecule has 1 aromatic rings. The number of carbonyl (C=O) groups is 1. The van der Waals surface area contributed by atoms with Crippen molar-refractivity contribution in [3.8, 4) is 5.75 Å². The fourth-order valence-corrected chi connectivity index (χ4v) is 2.71. The predicted molar refractivity (Wildman–Crippen MR) is 90.8 cm³/mol. The second kappa shape index (κ2) is 9.53. The molecule has 1 amide bonds. The molecular formula is C18H28N2O3. The quantitative estimate of drug-likeness (QED) is 0.732. The predicted octanol–water partition coefficient (Wildman–Crippen LogP) is 1.81. The number of methoxy groups -OCH3 is 1. The number of nitrogens with zero attached hydrogens (tertiary/aromatic N) is 2. The average molecular weight is 320 g/mol. The molecule has 5 heteroatoms. The Morgan fingerprint density at radius 2 is 1.91 bits per heavy atom. The number of aryl methyl sites for hydroxylation is 1. The summed E-state index contributed by atoms with van der Waals surface area (Å²) in [5.74, 6) is 1.14. The summed E-state index contributed by atoms with van der Waals surface area (Å²) in [6.07, 6.45) is 2.74. The molecule has 128 valence electrons. The van der Waals surface area contributed by atoms with E-state index >= 15 is 0 Å². The highest BCUT2D eigenvalue weighted by Gasteiger charge is 2.16. The maximum Gasteiger partial charge on any atom is 0.224 e. The van der Waals surface area contributed by atoms with Crippen molar-refractivity contribution >= 4 is 5.91 Å². The van der Waals surface area contributed by atoms with Gasteiger partial charge in [-0.25, -0.2) is 0 Å². The van der Waals surface area contributed by atoms with E-state index in [1.165, 1.54) is 5.56 Å². The van der Waals surface area contributed by atoms with E-state index in [1.807, 2.05) is 17.0 Å². The van der Waals surface area contributed by atoms with Crippen molar-refractivity contribution in [1.29, 1.82) is 0 Å². The second-order valence-electron chi connectivity index (χ2n) is 6.00. The van der Waals surface area contributed by atoms with E-state index in [1.54, 1.807) is 7.11 Å². The summed E-state index contributed by atoms with van der Waals surface area (Å²) in [6, 6.07) is 8.22. The minimum Gasteiger partial charge on any atom is -0.497 e. The molecule has 0 aromatic heterocycles. The van der Waals surface area contributed by atoms with Gasteiger partial charge < -0.3 is 19.3 Å². The van der Waals surface area contributed by atoms with Gasteiger partial charge in [0, 0.05) is 26.1 Å². The maximum absolute atomic E-state index is 12.1. The van der Waals surface area contributed by atoms with Crippen LogP contribution in [0.2, 0.25) is 0 Å². The SMILES string of the molecule is COc1ccc(CCCN(C)CCC(=O)N2CCOCC2)cc1. The zero-order chi connectivity index (χ0) is 16.5. The van der Waals surface area contributed by atoms with Crippen LogP contribution in [0, 0.1) is 0 Å². The monoisotopic (exact) mass is 320 g/mol. The number of morpholine rings is 1. The maximum atomic E-state index is 12.1. The summed E-state index contributed by atoms with van der Waals surface area (Å²) in [5, 5.41) is 0. The van der Waals surface area contributed by atoms with Gasteiger partial charge in [-0.3, -0.25) is 4.79 Å². The smallest absolute Gasteiger partial charge is 0.224 e. The first-order valence-electron chi connectivity index (χ1n) is 8.36. The third-order valence-electron chi connectivity index (χ3n) is 4.24. The summed E-state index contributed by atoms with van der Waals surface area (Å²) in [4.78, 5) is 16.2. The van der Waals surface area contributed by atoms with Crippen LogP contribution < -0.4 is 4.74 Å². The third-order valence-corrected chi connectivity index (χ3v) is 4.24. The van der Waals surface area contributed by atoms with E-state index in [2.05, 4.69) is 24.1 Å². The fraction of sp³-hybridized carbons (Fsp3) is 0.611. The lowest BCUT2D eigenvalue weighted by molar-refractivity contribution is -0.135. The Morgan fingerprint density at radius 3 is 2.57 bits per heavy atom. The van der Waals surface area contributed by atoms with Crippen LogP contribution in [0.3, 0.4) is 0 Å². The highest BCUT2D eigenvalue weighted by atomic mass is 16.5. The van der Waals surface area contributed by atoms with Crippen LogP contribution in [0.4, 0.5) is 0 Å². The van der Waals surface area contributed by atoms with E-state index in [-0.39, 0.29) is 5.91 Å². The molecule has 1 aliphatic rings. The number of rotatable bonds is 8. The second-order valence-corrected chi connectivity index (χ2v) is 6.00. The molecule has 0 radical (unpaired) electrons. The van der Waals surface area contributed by atoms with Gasteiger partial charge in [0.1, 0.15) is 5.75 Å². The van der Waals surface area contributed by atoms with Gasteiger partial charge in [-0.1, -0.05) is 12.1 Å². The minimum absolute atomic E-state index is 0.246. The molecule has 0 unspecified atom stereocenters. The van der Waals surface area contributed by atoms with Crippen LogP contribution in [0.15, 0.2) is 24.3 Å². The number of amides is 1. The zero-order valence-electron chi connectivity index (χ0n) is 14.3. The van der Waals surface area contributed by atoms with Crippen molar-refractivity contribution in [3.63, 3.8) is 0 Å². The number of benzene rings is 1. The van der Waals surface area contributed by atoms with Crippen molar-refractivity contribution in [1.82, 2.24) is 9.80 Å². The zero-order valence-corrected chi connectivity index (χ0v) is 14.3. The van der Waals surface area contributed by atoms with Gasteiger partial charge in [-0.15, -0.1) is 0 Å². The van der Waals surface area contributed by atoms with Crippen LogP contribution in [0.25, 0.3) is 0 Å². The normalized spacial score (nSPS) is 15.0. The average Bonchev–Trinajstić information content (AvgIpc) is 2.61. The molecule has 2 rings (SSSR count). The van der Waals surface area contributed by atoms with Gasteiger partial charge in [0.05, 0.1) is 20.3 Å². The molecule has 0 spiro atoms. The van der Waals surface area contributed by atoms with Crippen molar-refractivity contribution < 1.29 is 14.3 Å². The number of ether oxygens (including phenoxy) is 2. The Labute approximate surface area is 139 Å². The lowest BCUT2D eigenvalue weighted by atomic mass is 10.1. The van der Waals surface area contributed by atoms with Crippen molar-refractivity contribution in [2.24, 2.45) is 0 Å². The van der Waals surface area contributed by atoms with Crippen LogP contribution in [0.1, 0.15) is 18.4 Å². The molecule has 0 saturated carbocycles. The Kier molecular flexibility index (Phi) is 7.36. The van der Waals surface area contributed by atoms with Crippen molar-refractivity contribution in [2.75, 3.05) is 53.6 Å². The molecule has 0 aliphatic carbocycles. The van der Waals surface area contributed by atoms with Crippen LogP contribution in [-0.2, 0) is 16.0 Å². The van der Waals surface area contributed by atoms with Gasteiger partial charge in [-0.2, -0.15) is 0 Å². The molecule has 1 fully saturated rings. The van der Waals surface area contributed by atoms with Gasteiger partial charge in [0.2, 0.25) is 5.91 Å². The molecular weight excluding hydrogens is 292 g/mol.